The molecule has 1 aliphatic rings. The molecule has 2 nitrogen and oxygen atoms in total. The smallest absolute Gasteiger partial charge is 0.0621 e. The number of hydrogen-bond acceptors (Lipinski definition) is 2. The van der Waals surface area contributed by atoms with E-state index in [0.717, 1.165) is 18.9 Å². The van der Waals surface area contributed by atoms with Crippen LogP contribution in [0.1, 0.15) is 73.6 Å². The Morgan fingerprint density at radius 3 is 2.35 bits per heavy atom. The number of ether oxygens (including phenoxy) is 1. The van der Waals surface area contributed by atoms with E-state index in [1.807, 2.05) is 0 Å². The lowest BCUT2D eigenvalue weighted by atomic mass is 9.66. The van der Waals surface area contributed by atoms with E-state index < -0.39 is 0 Å². The van der Waals surface area contributed by atoms with Crippen molar-refractivity contribution in [1.82, 2.24) is 0 Å². The Hall–Kier alpha value is -0.0800. The average Bonchev–Trinajstić information content (AvgIpc) is 2.37. The van der Waals surface area contributed by atoms with Crippen LogP contribution in [0.2, 0.25) is 0 Å². The molecule has 0 heterocycles. The molecular formula is C18H37NO. The molecule has 0 saturated heterocycles. The third-order valence-corrected chi connectivity index (χ3v) is 5.46. The summed E-state index contributed by atoms with van der Waals surface area (Å²) >= 11 is 0. The summed E-state index contributed by atoms with van der Waals surface area (Å²) in [6.45, 7) is 14.7. The highest BCUT2D eigenvalue weighted by molar-refractivity contribution is 4.88. The van der Waals surface area contributed by atoms with Crippen LogP contribution in [0.5, 0.6) is 0 Å². The van der Waals surface area contributed by atoms with E-state index in [-0.39, 0.29) is 0 Å². The topological polar surface area (TPSA) is 35.2 Å². The predicted molar refractivity (Wildman–Crippen MR) is 87.7 cm³/mol. The molecule has 0 bridgehead atoms. The Labute approximate surface area is 126 Å². The molecule has 0 amide bonds. The van der Waals surface area contributed by atoms with E-state index in [4.69, 9.17) is 10.5 Å². The van der Waals surface area contributed by atoms with E-state index in [2.05, 4.69) is 41.5 Å². The van der Waals surface area contributed by atoms with Gasteiger partial charge in [-0.25, -0.2) is 0 Å². The van der Waals surface area contributed by atoms with Gasteiger partial charge in [-0.1, -0.05) is 41.0 Å². The van der Waals surface area contributed by atoms with E-state index in [1.54, 1.807) is 0 Å². The fourth-order valence-electron chi connectivity index (χ4n) is 3.64. The molecule has 120 valence electrons. The van der Waals surface area contributed by atoms with Crippen molar-refractivity contribution in [3.8, 4) is 0 Å². The highest BCUT2D eigenvalue weighted by Crippen LogP contribution is 2.43. The lowest BCUT2D eigenvalue weighted by Gasteiger charge is -2.43. The summed E-state index contributed by atoms with van der Waals surface area (Å²) in [6, 6.07) is 0. The minimum Gasteiger partial charge on any atom is -0.375 e. The second kappa shape index (κ2) is 7.79. The van der Waals surface area contributed by atoms with Gasteiger partial charge in [0.25, 0.3) is 0 Å². The Kier molecular flexibility index (Phi) is 7.00. The van der Waals surface area contributed by atoms with Gasteiger partial charge in [0.05, 0.1) is 12.2 Å². The van der Waals surface area contributed by atoms with E-state index in [9.17, 15) is 0 Å². The molecule has 0 aliphatic heterocycles. The minimum atomic E-state index is 0.359. The SMILES string of the molecule is CCC(C)(C)C1CCC(CN)C(OC(C)CC(C)C)C1. The molecule has 1 saturated carbocycles. The standard InChI is InChI=1S/C18H37NO/c1-7-18(5,6)16-9-8-15(12-19)17(11-16)20-14(4)10-13(2)3/h13-17H,7-12,19H2,1-6H3. The maximum absolute atomic E-state index is 6.40. The number of rotatable bonds is 7. The van der Waals surface area contributed by atoms with Crippen LogP contribution < -0.4 is 5.73 Å². The lowest BCUT2D eigenvalue weighted by molar-refractivity contribution is -0.0811. The van der Waals surface area contributed by atoms with Gasteiger partial charge in [0, 0.05) is 0 Å². The van der Waals surface area contributed by atoms with Gasteiger partial charge < -0.3 is 10.5 Å². The van der Waals surface area contributed by atoms with Gasteiger partial charge in [-0.15, -0.1) is 0 Å². The number of nitrogens with two attached hydrogens (primary N) is 1. The Balaban J connectivity index is 2.64. The van der Waals surface area contributed by atoms with Crippen molar-refractivity contribution < 1.29 is 4.74 Å². The average molecular weight is 284 g/mol. The highest BCUT2D eigenvalue weighted by Gasteiger charge is 2.37. The summed E-state index contributed by atoms with van der Waals surface area (Å²) in [5.41, 5.74) is 6.41. The maximum atomic E-state index is 6.40. The van der Waals surface area contributed by atoms with E-state index in [1.165, 1.54) is 25.7 Å². The molecule has 0 aromatic carbocycles. The summed E-state index contributed by atoms with van der Waals surface area (Å²) in [5, 5.41) is 0. The first kappa shape index (κ1) is 18.0. The van der Waals surface area contributed by atoms with Crippen LogP contribution >= 0.6 is 0 Å². The fourth-order valence-corrected chi connectivity index (χ4v) is 3.64. The first-order chi connectivity index (χ1) is 9.30. The second-order valence-electron chi connectivity index (χ2n) is 7.96. The monoisotopic (exact) mass is 283 g/mol. The molecule has 4 atom stereocenters. The van der Waals surface area contributed by atoms with Gasteiger partial charge in [0.2, 0.25) is 0 Å². The Morgan fingerprint density at radius 2 is 1.85 bits per heavy atom. The lowest BCUT2D eigenvalue weighted by Crippen LogP contribution is -2.41. The molecule has 1 rings (SSSR count). The summed E-state index contributed by atoms with van der Waals surface area (Å²) in [6.07, 6.45) is 6.89. The molecular weight excluding hydrogens is 246 g/mol. The summed E-state index contributed by atoms with van der Waals surface area (Å²) in [4.78, 5) is 0. The van der Waals surface area contributed by atoms with Crippen molar-refractivity contribution in [2.75, 3.05) is 6.54 Å². The maximum Gasteiger partial charge on any atom is 0.0621 e. The minimum absolute atomic E-state index is 0.359. The normalized spacial score (nSPS) is 29.7. The molecule has 0 aromatic rings. The molecule has 0 radical (unpaired) electrons. The molecule has 1 aliphatic carbocycles. The fraction of sp³-hybridized carbons (Fsp3) is 1.00. The van der Waals surface area contributed by atoms with Crippen LogP contribution in [0.25, 0.3) is 0 Å². The molecule has 4 unspecified atom stereocenters. The molecule has 20 heavy (non-hydrogen) atoms. The molecule has 0 spiro atoms. The summed E-state index contributed by atoms with van der Waals surface area (Å²) in [7, 11) is 0. The van der Waals surface area contributed by atoms with Crippen LogP contribution in [0.4, 0.5) is 0 Å². The van der Waals surface area contributed by atoms with Crippen LogP contribution in [0, 0.1) is 23.2 Å². The summed E-state index contributed by atoms with van der Waals surface area (Å²) in [5.74, 6) is 2.05. The van der Waals surface area contributed by atoms with Crippen molar-refractivity contribution in [1.29, 1.82) is 0 Å². The predicted octanol–water partition coefficient (Wildman–Crippen LogP) is 4.62. The Morgan fingerprint density at radius 1 is 1.20 bits per heavy atom. The van der Waals surface area contributed by atoms with E-state index in [0.29, 0.717) is 29.5 Å². The van der Waals surface area contributed by atoms with Crippen molar-refractivity contribution in [2.45, 2.75) is 85.9 Å². The zero-order valence-electron chi connectivity index (χ0n) is 14.6. The van der Waals surface area contributed by atoms with Crippen molar-refractivity contribution in [3.05, 3.63) is 0 Å². The van der Waals surface area contributed by atoms with Crippen LogP contribution in [-0.2, 0) is 4.74 Å². The van der Waals surface area contributed by atoms with Crippen LogP contribution in [-0.4, -0.2) is 18.8 Å². The zero-order chi connectivity index (χ0) is 15.3. The van der Waals surface area contributed by atoms with Gasteiger partial charge in [-0.05, 0) is 62.3 Å². The van der Waals surface area contributed by atoms with Crippen molar-refractivity contribution >= 4 is 0 Å². The van der Waals surface area contributed by atoms with Crippen molar-refractivity contribution in [3.63, 3.8) is 0 Å². The van der Waals surface area contributed by atoms with Gasteiger partial charge in [-0.2, -0.15) is 0 Å². The third kappa shape index (κ3) is 5.04. The number of hydrogen-bond donors (Lipinski definition) is 1. The first-order valence-corrected chi connectivity index (χ1v) is 8.65. The van der Waals surface area contributed by atoms with Crippen LogP contribution in [0.15, 0.2) is 0 Å². The molecule has 2 heteroatoms. The third-order valence-electron chi connectivity index (χ3n) is 5.46. The van der Waals surface area contributed by atoms with Crippen molar-refractivity contribution in [2.24, 2.45) is 28.9 Å². The molecule has 0 aromatic heterocycles. The van der Waals surface area contributed by atoms with Gasteiger partial charge >= 0.3 is 0 Å². The highest BCUT2D eigenvalue weighted by atomic mass is 16.5. The van der Waals surface area contributed by atoms with Gasteiger partial charge in [-0.3, -0.25) is 0 Å². The van der Waals surface area contributed by atoms with Gasteiger partial charge in [0.15, 0.2) is 0 Å². The zero-order valence-corrected chi connectivity index (χ0v) is 14.6. The first-order valence-electron chi connectivity index (χ1n) is 8.65. The Bertz CT molecular complexity index is 275. The van der Waals surface area contributed by atoms with Crippen LogP contribution in [0.3, 0.4) is 0 Å². The largest absolute Gasteiger partial charge is 0.375 e. The summed E-state index contributed by atoms with van der Waals surface area (Å²) < 4.78 is 6.40. The molecule has 1 fully saturated rings. The second-order valence-corrected chi connectivity index (χ2v) is 7.96. The molecule has 2 N–H and O–H groups in total. The van der Waals surface area contributed by atoms with E-state index >= 15 is 0 Å². The van der Waals surface area contributed by atoms with Gasteiger partial charge in [0.1, 0.15) is 0 Å². The quantitative estimate of drug-likeness (QED) is 0.740.